The highest BCUT2D eigenvalue weighted by Crippen LogP contribution is 2.36. The van der Waals surface area contributed by atoms with Gasteiger partial charge in [-0.15, -0.1) is 0 Å². The zero-order valence-electron chi connectivity index (χ0n) is 17.9. The lowest BCUT2D eigenvalue weighted by Crippen LogP contribution is -2.38. The topological polar surface area (TPSA) is 82.1 Å². The first-order valence-corrected chi connectivity index (χ1v) is 9.87. The summed E-state index contributed by atoms with van der Waals surface area (Å²) in [4.78, 5) is 24.1. The summed E-state index contributed by atoms with van der Waals surface area (Å²) >= 11 is 0. The number of ketones is 1. The van der Waals surface area contributed by atoms with Gasteiger partial charge in [-0.05, 0) is 81.1 Å². The third-order valence-corrected chi connectivity index (χ3v) is 4.77. The lowest BCUT2D eigenvalue weighted by atomic mass is 10.0. The van der Waals surface area contributed by atoms with Crippen LogP contribution in [0.25, 0.3) is 6.08 Å². The van der Waals surface area contributed by atoms with E-state index in [1.165, 1.54) is 13.8 Å². The first kappa shape index (κ1) is 21.4. The smallest absolute Gasteiger partial charge is 0.347 e. The van der Waals surface area contributed by atoms with Gasteiger partial charge in [0.1, 0.15) is 17.2 Å². The largest absolute Gasteiger partial charge is 0.493 e. The Labute approximate surface area is 176 Å². The van der Waals surface area contributed by atoms with Crippen molar-refractivity contribution in [3.63, 3.8) is 0 Å². The van der Waals surface area contributed by atoms with Crippen molar-refractivity contribution in [3.05, 3.63) is 58.3 Å². The fourth-order valence-electron chi connectivity index (χ4n) is 3.16. The van der Waals surface area contributed by atoms with Crippen LogP contribution < -0.4 is 14.2 Å². The van der Waals surface area contributed by atoms with E-state index >= 15 is 0 Å². The van der Waals surface area contributed by atoms with Crippen molar-refractivity contribution in [1.29, 1.82) is 0 Å². The number of allylic oxidation sites excluding steroid dienone is 1. The van der Waals surface area contributed by atoms with E-state index in [1.54, 1.807) is 24.3 Å². The molecule has 0 saturated carbocycles. The number of aryl methyl sites for hydroxylation is 2. The molecular formula is C24H26O6. The molecule has 1 aliphatic heterocycles. The fourth-order valence-corrected chi connectivity index (χ4v) is 3.16. The van der Waals surface area contributed by atoms with Crippen molar-refractivity contribution < 1.29 is 28.9 Å². The maximum Gasteiger partial charge on any atom is 0.347 e. The monoisotopic (exact) mass is 410 g/mol. The molecule has 0 fully saturated rings. The van der Waals surface area contributed by atoms with Gasteiger partial charge in [0.2, 0.25) is 5.78 Å². The maximum absolute atomic E-state index is 12.7. The van der Waals surface area contributed by atoms with Crippen LogP contribution in [0.1, 0.15) is 54.2 Å². The number of carbonyl (C=O) groups excluding carboxylic acids is 1. The van der Waals surface area contributed by atoms with Gasteiger partial charge in [-0.1, -0.05) is 6.92 Å². The van der Waals surface area contributed by atoms with Gasteiger partial charge in [-0.25, -0.2) is 4.79 Å². The first-order chi connectivity index (χ1) is 14.1. The number of fused-ring (bicyclic) bond motifs is 1. The summed E-state index contributed by atoms with van der Waals surface area (Å²) in [7, 11) is 0. The molecule has 6 heteroatoms. The molecule has 158 valence electrons. The summed E-state index contributed by atoms with van der Waals surface area (Å²) in [6.45, 7) is 9.31. The molecule has 0 unspecified atom stereocenters. The molecule has 1 N–H and O–H groups in total. The molecule has 30 heavy (non-hydrogen) atoms. The molecule has 1 aliphatic rings. The normalized spacial score (nSPS) is 14.4. The summed E-state index contributed by atoms with van der Waals surface area (Å²) in [6.07, 6.45) is 2.57. The average Bonchev–Trinajstić information content (AvgIpc) is 2.98. The lowest BCUT2D eigenvalue weighted by molar-refractivity contribution is -0.152. The minimum Gasteiger partial charge on any atom is -0.493 e. The molecule has 2 aromatic carbocycles. The predicted octanol–water partition coefficient (Wildman–Crippen LogP) is 4.95. The Morgan fingerprint density at radius 1 is 1.17 bits per heavy atom. The summed E-state index contributed by atoms with van der Waals surface area (Å²) in [5, 5.41) is 9.31. The first-order valence-electron chi connectivity index (χ1n) is 9.87. The molecule has 2 aromatic rings. The number of carboxylic acids is 1. The Hall–Kier alpha value is -3.28. The molecule has 0 atom stereocenters. The lowest BCUT2D eigenvalue weighted by Gasteiger charge is -2.24. The molecule has 0 spiro atoms. The van der Waals surface area contributed by atoms with Gasteiger partial charge in [0, 0.05) is 6.07 Å². The molecule has 0 amide bonds. The van der Waals surface area contributed by atoms with Crippen molar-refractivity contribution in [2.24, 2.45) is 0 Å². The summed E-state index contributed by atoms with van der Waals surface area (Å²) in [5.41, 5.74) is 1.47. The Kier molecular flexibility index (Phi) is 5.87. The Morgan fingerprint density at radius 2 is 1.83 bits per heavy atom. The SMILES string of the molecule is CCCOc1ccc2c(c1)OC(=Cc1cc(C)c(OC(C)(C)C(=O)O)c(C)c1)C2=O. The second kappa shape index (κ2) is 8.22. The van der Waals surface area contributed by atoms with Gasteiger partial charge in [0.05, 0.1) is 12.2 Å². The number of hydrogen-bond acceptors (Lipinski definition) is 5. The van der Waals surface area contributed by atoms with Crippen LogP contribution in [-0.2, 0) is 4.79 Å². The van der Waals surface area contributed by atoms with Crippen LogP contribution in [0.15, 0.2) is 36.1 Å². The van der Waals surface area contributed by atoms with E-state index in [4.69, 9.17) is 14.2 Å². The quantitative estimate of drug-likeness (QED) is 0.651. The molecule has 0 radical (unpaired) electrons. The minimum atomic E-state index is -1.35. The number of benzene rings is 2. The molecule has 0 aromatic heterocycles. The summed E-state index contributed by atoms with van der Waals surface area (Å²) in [6, 6.07) is 8.88. The standard InChI is InChI=1S/C24H26O6/c1-6-9-28-17-7-8-18-19(13-17)29-20(21(18)25)12-16-10-14(2)22(15(3)11-16)30-24(4,5)23(26)27/h7-8,10-13H,6,9H2,1-5H3,(H,26,27). The maximum atomic E-state index is 12.7. The van der Waals surface area contributed by atoms with E-state index in [0.717, 1.165) is 23.1 Å². The van der Waals surface area contributed by atoms with E-state index in [1.807, 2.05) is 32.9 Å². The molecule has 6 nitrogen and oxygen atoms in total. The molecule has 0 saturated heterocycles. The van der Waals surface area contributed by atoms with Crippen LogP contribution in [-0.4, -0.2) is 29.1 Å². The van der Waals surface area contributed by atoms with Crippen LogP contribution in [0.3, 0.4) is 0 Å². The van der Waals surface area contributed by atoms with E-state index in [9.17, 15) is 14.7 Å². The highest BCUT2D eigenvalue weighted by atomic mass is 16.5. The second-order valence-corrected chi connectivity index (χ2v) is 7.85. The third kappa shape index (κ3) is 4.32. The number of ether oxygens (including phenoxy) is 3. The van der Waals surface area contributed by atoms with Crippen LogP contribution in [0.4, 0.5) is 0 Å². The zero-order chi connectivity index (χ0) is 22.1. The number of Topliss-reactive ketones (excluding diaryl/α,β-unsaturated/α-hetero) is 1. The van der Waals surface area contributed by atoms with E-state index in [-0.39, 0.29) is 11.5 Å². The highest BCUT2D eigenvalue weighted by Gasteiger charge is 2.31. The van der Waals surface area contributed by atoms with Crippen LogP contribution in [0.5, 0.6) is 17.2 Å². The van der Waals surface area contributed by atoms with E-state index in [2.05, 4.69) is 0 Å². The van der Waals surface area contributed by atoms with Gasteiger partial charge >= 0.3 is 5.97 Å². The summed E-state index contributed by atoms with van der Waals surface area (Å²) < 4.78 is 17.1. The van der Waals surface area contributed by atoms with Crippen molar-refractivity contribution in [1.82, 2.24) is 0 Å². The molecule has 1 heterocycles. The van der Waals surface area contributed by atoms with Gasteiger partial charge in [-0.2, -0.15) is 0 Å². The van der Waals surface area contributed by atoms with Crippen molar-refractivity contribution in [2.75, 3.05) is 6.61 Å². The number of carbonyl (C=O) groups is 2. The number of carboxylic acid groups (broad SMARTS) is 1. The van der Waals surface area contributed by atoms with E-state index < -0.39 is 11.6 Å². The van der Waals surface area contributed by atoms with Gasteiger partial charge in [0.15, 0.2) is 11.4 Å². The molecule has 0 aliphatic carbocycles. The van der Waals surface area contributed by atoms with Crippen LogP contribution in [0.2, 0.25) is 0 Å². The average molecular weight is 410 g/mol. The van der Waals surface area contributed by atoms with E-state index in [0.29, 0.717) is 29.4 Å². The Morgan fingerprint density at radius 3 is 2.43 bits per heavy atom. The number of rotatable bonds is 7. The second-order valence-electron chi connectivity index (χ2n) is 7.85. The number of hydrogen-bond donors (Lipinski definition) is 1. The number of aliphatic carboxylic acids is 1. The van der Waals surface area contributed by atoms with Crippen LogP contribution >= 0.6 is 0 Å². The zero-order valence-corrected chi connectivity index (χ0v) is 17.9. The Bertz CT molecular complexity index is 1010. The van der Waals surface area contributed by atoms with Crippen LogP contribution in [0, 0.1) is 13.8 Å². The molecule has 0 bridgehead atoms. The predicted molar refractivity (Wildman–Crippen MR) is 113 cm³/mol. The fraction of sp³-hybridized carbons (Fsp3) is 0.333. The van der Waals surface area contributed by atoms with Crippen molar-refractivity contribution >= 4 is 17.8 Å². The van der Waals surface area contributed by atoms with Gasteiger partial charge < -0.3 is 19.3 Å². The summed E-state index contributed by atoms with van der Waals surface area (Å²) in [5.74, 6) is 0.669. The van der Waals surface area contributed by atoms with Crippen molar-refractivity contribution in [2.45, 2.75) is 46.6 Å². The van der Waals surface area contributed by atoms with Crippen molar-refractivity contribution in [3.8, 4) is 17.2 Å². The molecular weight excluding hydrogens is 384 g/mol. The van der Waals surface area contributed by atoms with Gasteiger partial charge in [0.25, 0.3) is 0 Å². The molecule has 3 rings (SSSR count). The van der Waals surface area contributed by atoms with Gasteiger partial charge in [-0.3, -0.25) is 4.79 Å². The third-order valence-electron chi connectivity index (χ3n) is 4.77. The minimum absolute atomic E-state index is 0.185. The highest BCUT2D eigenvalue weighted by molar-refractivity contribution is 6.14. The Balaban J connectivity index is 1.86.